The average Bonchev–Trinajstić information content (AvgIpc) is 1.96. The number of aliphatic hydroxyl groups is 1. The van der Waals surface area contributed by atoms with Crippen molar-refractivity contribution in [3.8, 4) is 0 Å². The van der Waals surface area contributed by atoms with E-state index in [1.165, 1.54) is 0 Å². The summed E-state index contributed by atoms with van der Waals surface area (Å²) < 4.78 is 0. The van der Waals surface area contributed by atoms with Crippen molar-refractivity contribution in [3.05, 3.63) is 0 Å². The highest BCUT2D eigenvalue weighted by molar-refractivity contribution is 5.80. The molecule has 1 saturated carbocycles. The molecule has 0 bridgehead atoms. The monoisotopic (exact) mass is 171 g/mol. The zero-order valence-corrected chi connectivity index (χ0v) is 7.55. The molecule has 1 amide bonds. The lowest BCUT2D eigenvalue weighted by molar-refractivity contribution is -0.133. The molecule has 1 atom stereocenters. The van der Waals surface area contributed by atoms with E-state index in [9.17, 15) is 9.90 Å². The fraction of sp³-hybridized carbons (Fsp3) is 0.889. The predicted octanol–water partition coefficient (Wildman–Crippen LogP) is 0.674. The van der Waals surface area contributed by atoms with E-state index in [1.807, 2.05) is 6.92 Å². The minimum Gasteiger partial charge on any atom is -0.383 e. The lowest BCUT2D eigenvalue weighted by Gasteiger charge is -2.29. The number of nitrogens with one attached hydrogen (secondary N) is 1. The summed E-state index contributed by atoms with van der Waals surface area (Å²) in [5.74, 6) is 0.0309. The zero-order valence-electron chi connectivity index (χ0n) is 7.55. The number of aliphatic hydroxyl groups excluding tert-OH is 1. The van der Waals surface area contributed by atoms with Crippen LogP contribution in [0, 0.1) is 5.92 Å². The minimum atomic E-state index is -0.759. The summed E-state index contributed by atoms with van der Waals surface area (Å²) in [5, 5.41) is 12.1. The topological polar surface area (TPSA) is 49.3 Å². The van der Waals surface area contributed by atoms with Crippen LogP contribution in [0.2, 0.25) is 0 Å². The van der Waals surface area contributed by atoms with Gasteiger partial charge in [-0.3, -0.25) is 4.79 Å². The van der Waals surface area contributed by atoms with Gasteiger partial charge in [0.1, 0.15) is 6.10 Å². The predicted molar refractivity (Wildman–Crippen MR) is 46.6 cm³/mol. The van der Waals surface area contributed by atoms with E-state index in [1.54, 1.807) is 0 Å². The highest BCUT2D eigenvalue weighted by Gasteiger charge is 2.30. The van der Waals surface area contributed by atoms with E-state index >= 15 is 0 Å². The number of amides is 1. The minimum absolute atomic E-state index is 0.193. The van der Waals surface area contributed by atoms with E-state index in [0.717, 1.165) is 25.7 Å². The second-order valence-corrected chi connectivity index (χ2v) is 3.43. The molecule has 1 rings (SSSR count). The van der Waals surface area contributed by atoms with Crippen molar-refractivity contribution in [1.82, 2.24) is 5.32 Å². The van der Waals surface area contributed by atoms with Gasteiger partial charge in [-0.2, -0.15) is 0 Å². The fourth-order valence-electron chi connectivity index (χ4n) is 1.32. The van der Waals surface area contributed by atoms with E-state index in [0.29, 0.717) is 6.54 Å². The van der Waals surface area contributed by atoms with Gasteiger partial charge >= 0.3 is 0 Å². The van der Waals surface area contributed by atoms with Crippen LogP contribution in [0.15, 0.2) is 0 Å². The molecule has 1 fully saturated rings. The molecule has 1 unspecified atom stereocenters. The Kier molecular flexibility index (Phi) is 3.53. The normalized spacial score (nSPS) is 19.8. The number of carbonyl (C=O) groups excluding carboxylic acids is 1. The second-order valence-electron chi connectivity index (χ2n) is 3.43. The van der Waals surface area contributed by atoms with Gasteiger partial charge in [0, 0.05) is 6.54 Å². The van der Waals surface area contributed by atoms with Crippen molar-refractivity contribution in [2.24, 2.45) is 5.92 Å². The molecule has 0 aromatic rings. The van der Waals surface area contributed by atoms with Crippen LogP contribution in [-0.4, -0.2) is 23.7 Å². The lowest BCUT2D eigenvalue weighted by atomic mass is 9.81. The molecule has 0 aromatic heterocycles. The molecule has 3 nitrogen and oxygen atoms in total. The van der Waals surface area contributed by atoms with E-state index in [4.69, 9.17) is 0 Å². The van der Waals surface area contributed by atoms with Gasteiger partial charge in [0.15, 0.2) is 0 Å². The van der Waals surface area contributed by atoms with Crippen LogP contribution < -0.4 is 5.32 Å². The van der Waals surface area contributed by atoms with Crippen LogP contribution >= 0.6 is 0 Å². The first-order valence-corrected chi connectivity index (χ1v) is 4.71. The summed E-state index contributed by atoms with van der Waals surface area (Å²) in [6, 6.07) is 0. The Bertz CT molecular complexity index is 155. The molecule has 0 saturated heterocycles. The molecular formula is C9H17NO2. The first kappa shape index (κ1) is 9.52. The Morgan fingerprint density at radius 1 is 1.67 bits per heavy atom. The number of hydrogen-bond acceptors (Lipinski definition) is 2. The number of carbonyl (C=O) groups is 1. The molecule has 1 aliphatic carbocycles. The first-order chi connectivity index (χ1) is 5.75. The quantitative estimate of drug-likeness (QED) is 0.653. The third-order valence-electron chi connectivity index (χ3n) is 2.41. The van der Waals surface area contributed by atoms with Gasteiger partial charge in [-0.15, -0.1) is 0 Å². The summed E-state index contributed by atoms with van der Waals surface area (Å²) in [6.07, 6.45) is 3.32. The summed E-state index contributed by atoms with van der Waals surface area (Å²) >= 11 is 0. The van der Waals surface area contributed by atoms with Crippen LogP contribution in [0.1, 0.15) is 32.6 Å². The van der Waals surface area contributed by atoms with E-state index < -0.39 is 6.10 Å². The maximum Gasteiger partial charge on any atom is 0.249 e. The van der Waals surface area contributed by atoms with Gasteiger partial charge in [-0.25, -0.2) is 0 Å². The smallest absolute Gasteiger partial charge is 0.249 e. The SMILES string of the molecule is CCCNC(=O)C(O)C1CCC1. The van der Waals surface area contributed by atoms with Crippen molar-refractivity contribution in [1.29, 1.82) is 0 Å². The molecule has 12 heavy (non-hydrogen) atoms. The number of rotatable bonds is 4. The van der Waals surface area contributed by atoms with Crippen LogP contribution in [-0.2, 0) is 4.79 Å². The van der Waals surface area contributed by atoms with Gasteiger partial charge in [-0.1, -0.05) is 13.3 Å². The summed E-state index contributed by atoms with van der Waals surface area (Å²) in [7, 11) is 0. The van der Waals surface area contributed by atoms with Crippen LogP contribution in [0.5, 0.6) is 0 Å². The van der Waals surface area contributed by atoms with Gasteiger partial charge in [0.05, 0.1) is 0 Å². The summed E-state index contributed by atoms with van der Waals surface area (Å²) in [6.45, 7) is 2.67. The summed E-state index contributed by atoms with van der Waals surface area (Å²) in [4.78, 5) is 11.2. The van der Waals surface area contributed by atoms with E-state index in [2.05, 4.69) is 5.32 Å². The Balaban J connectivity index is 2.20. The van der Waals surface area contributed by atoms with Crippen LogP contribution in [0.25, 0.3) is 0 Å². The molecule has 2 N–H and O–H groups in total. The molecule has 1 aliphatic rings. The second kappa shape index (κ2) is 4.45. The van der Waals surface area contributed by atoms with Crippen molar-refractivity contribution < 1.29 is 9.90 Å². The molecule has 0 radical (unpaired) electrons. The Labute approximate surface area is 73.2 Å². The molecule has 70 valence electrons. The molecule has 0 aliphatic heterocycles. The first-order valence-electron chi connectivity index (χ1n) is 4.71. The average molecular weight is 171 g/mol. The third kappa shape index (κ3) is 2.21. The van der Waals surface area contributed by atoms with Gasteiger partial charge < -0.3 is 10.4 Å². The Morgan fingerprint density at radius 3 is 2.75 bits per heavy atom. The standard InChI is InChI=1S/C9H17NO2/c1-2-6-10-9(12)8(11)7-4-3-5-7/h7-8,11H,2-6H2,1H3,(H,10,12). The highest BCUT2D eigenvalue weighted by Crippen LogP contribution is 2.29. The molecule has 0 heterocycles. The largest absolute Gasteiger partial charge is 0.383 e. The van der Waals surface area contributed by atoms with Crippen LogP contribution in [0.3, 0.4) is 0 Å². The number of hydrogen-bond donors (Lipinski definition) is 2. The Hall–Kier alpha value is -0.570. The lowest BCUT2D eigenvalue weighted by Crippen LogP contribution is -2.41. The van der Waals surface area contributed by atoms with Crippen molar-refractivity contribution in [2.75, 3.05) is 6.54 Å². The van der Waals surface area contributed by atoms with Gasteiger partial charge in [-0.05, 0) is 25.2 Å². The summed E-state index contributed by atoms with van der Waals surface area (Å²) in [5.41, 5.74) is 0. The van der Waals surface area contributed by atoms with Gasteiger partial charge in [0.2, 0.25) is 5.91 Å². The van der Waals surface area contributed by atoms with Crippen molar-refractivity contribution >= 4 is 5.91 Å². The molecular weight excluding hydrogens is 154 g/mol. The Morgan fingerprint density at radius 2 is 2.33 bits per heavy atom. The molecule has 0 spiro atoms. The van der Waals surface area contributed by atoms with Gasteiger partial charge in [0.25, 0.3) is 0 Å². The molecule has 0 aromatic carbocycles. The maximum atomic E-state index is 11.2. The molecule has 3 heteroatoms. The maximum absolute atomic E-state index is 11.2. The third-order valence-corrected chi connectivity index (χ3v) is 2.41. The van der Waals surface area contributed by atoms with E-state index in [-0.39, 0.29) is 11.8 Å². The fourth-order valence-corrected chi connectivity index (χ4v) is 1.32. The van der Waals surface area contributed by atoms with Crippen LogP contribution in [0.4, 0.5) is 0 Å². The van der Waals surface area contributed by atoms with Crippen molar-refractivity contribution in [2.45, 2.75) is 38.7 Å². The zero-order chi connectivity index (χ0) is 8.97. The van der Waals surface area contributed by atoms with Crippen molar-refractivity contribution in [3.63, 3.8) is 0 Å². The highest BCUT2D eigenvalue weighted by atomic mass is 16.3.